The third-order valence-electron chi connectivity index (χ3n) is 4.67. The number of nitrogens with one attached hydrogen (secondary N) is 1. The maximum atomic E-state index is 11.9. The van der Waals surface area contributed by atoms with Gasteiger partial charge in [-0.05, 0) is 55.2 Å². The topological polar surface area (TPSA) is 58.4 Å². The first-order valence-electron chi connectivity index (χ1n) is 7.37. The van der Waals surface area contributed by atoms with E-state index < -0.39 is 0 Å². The SMILES string of the molecule is CN(C)C(=O)c1ccc(NCC2(C3CC3)CC2)c(N)c1. The van der Waals surface area contributed by atoms with Crippen molar-refractivity contribution in [3.05, 3.63) is 23.8 Å². The number of hydrogen-bond donors (Lipinski definition) is 2. The summed E-state index contributed by atoms with van der Waals surface area (Å²) in [7, 11) is 3.49. The summed E-state index contributed by atoms with van der Waals surface area (Å²) < 4.78 is 0. The minimum atomic E-state index is -0.0140. The molecule has 20 heavy (non-hydrogen) atoms. The van der Waals surface area contributed by atoms with Gasteiger partial charge in [-0.25, -0.2) is 0 Å². The van der Waals surface area contributed by atoms with Crippen LogP contribution in [0.5, 0.6) is 0 Å². The van der Waals surface area contributed by atoms with Crippen LogP contribution in [0.15, 0.2) is 18.2 Å². The van der Waals surface area contributed by atoms with Gasteiger partial charge in [0.1, 0.15) is 0 Å². The summed E-state index contributed by atoms with van der Waals surface area (Å²) in [5.74, 6) is 0.922. The van der Waals surface area contributed by atoms with Crippen LogP contribution in [0.4, 0.5) is 11.4 Å². The molecule has 2 fully saturated rings. The quantitative estimate of drug-likeness (QED) is 0.811. The van der Waals surface area contributed by atoms with E-state index in [1.54, 1.807) is 25.1 Å². The van der Waals surface area contributed by atoms with Crippen LogP contribution in [-0.2, 0) is 0 Å². The van der Waals surface area contributed by atoms with E-state index in [2.05, 4.69) is 5.32 Å². The Morgan fingerprint density at radius 3 is 2.60 bits per heavy atom. The predicted octanol–water partition coefficient (Wildman–Crippen LogP) is 2.57. The first kappa shape index (κ1) is 13.3. The van der Waals surface area contributed by atoms with E-state index in [0.29, 0.717) is 16.7 Å². The molecule has 3 rings (SSSR count). The van der Waals surface area contributed by atoms with Crippen molar-refractivity contribution in [2.45, 2.75) is 25.7 Å². The Hall–Kier alpha value is -1.71. The molecule has 0 unspecified atom stereocenters. The lowest BCUT2D eigenvalue weighted by molar-refractivity contribution is 0.0827. The Bertz CT molecular complexity index is 531. The molecule has 0 bridgehead atoms. The molecule has 2 aliphatic rings. The second kappa shape index (κ2) is 4.69. The number of benzene rings is 1. The molecule has 0 atom stereocenters. The monoisotopic (exact) mass is 273 g/mol. The number of amides is 1. The van der Waals surface area contributed by atoms with Crippen molar-refractivity contribution in [3.63, 3.8) is 0 Å². The molecule has 108 valence electrons. The van der Waals surface area contributed by atoms with Crippen LogP contribution in [0.25, 0.3) is 0 Å². The van der Waals surface area contributed by atoms with Crippen LogP contribution in [0.2, 0.25) is 0 Å². The average molecular weight is 273 g/mol. The molecular weight excluding hydrogens is 250 g/mol. The maximum Gasteiger partial charge on any atom is 0.253 e. The number of nitrogen functional groups attached to an aromatic ring is 1. The molecule has 4 heteroatoms. The molecule has 1 aromatic rings. The van der Waals surface area contributed by atoms with Crippen LogP contribution in [0.3, 0.4) is 0 Å². The standard InChI is InChI=1S/C16H23N3O/c1-19(2)15(20)11-3-6-14(13(17)9-11)18-10-16(7-8-16)12-4-5-12/h3,6,9,12,18H,4-5,7-8,10,17H2,1-2H3. The largest absolute Gasteiger partial charge is 0.397 e. The van der Waals surface area contributed by atoms with Crippen LogP contribution in [0, 0.1) is 11.3 Å². The normalized spacial score (nSPS) is 19.5. The molecule has 4 nitrogen and oxygen atoms in total. The molecule has 0 aromatic heterocycles. The fraction of sp³-hybridized carbons (Fsp3) is 0.562. The molecule has 0 heterocycles. The minimum Gasteiger partial charge on any atom is -0.397 e. The highest BCUT2D eigenvalue weighted by Crippen LogP contribution is 2.61. The summed E-state index contributed by atoms with van der Waals surface area (Å²) in [6.07, 6.45) is 5.49. The van der Waals surface area contributed by atoms with E-state index >= 15 is 0 Å². The highest BCUT2D eigenvalue weighted by atomic mass is 16.2. The molecule has 1 amide bonds. The number of hydrogen-bond acceptors (Lipinski definition) is 3. The summed E-state index contributed by atoms with van der Waals surface area (Å²) in [4.78, 5) is 13.4. The number of carbonyl (C=O) groups excluding carboxylic acids is 1. The van der Waals surface area contributed by atoms with Crippen molar-refractivity contribution in [1.29, 1.82) is 0 Å². The van der Waals surface area contributed by atoms with E-state index in [1.807, 2.05) is 12.1 Å². The number of anilines is 2. The number of nitrogens with two attached hydrogens (primary N) is 1. The van der Waals surface area contributed by atoms with Gasteiger partial charge >= 0.3 is 0 Å². The lowest BCUT2D eigenvalue weighted by Crippen LogP contribution is -2.22. The summed E-state index contributed by atoms with van der Waals surface area (Å²) in [6.45, 7) is 1.02. The Kier molecular flexibility index (Phi) is 3.11. The molecule has 3 N–H and O–H groups in total. The fourth-order valence-corrected chi connectivity index (χ4v) is 2.97. The van der Waals surface area contributed by atoms with Crippen molar-refractivity contribution < 1.29 is 4.79 Å². The Labute approximate surface area is 120 Å². The van der Waals surface area contributed by atoms with E-state index in [0.717, 1.165) is 18.2 Å². The Morgan fingerprint density at radius 1 is 1.40 bits per heavy atom. The van der Waals surface area contributed by atoms with Gasteiger partial charge in [0.2, 0.25) is 0 Å². The van der Waals surface area contributed by atoms with Crippen LogP contribution in [0.1, 0.15) is 36.0 Å². The summed E-state index contributed by atoms with van der Waals surface area (Å²) >= 11 is 0. The van der Waals surface area contributed by atoms with Gasteiger partial charge in [-0.15, -0.1) is 0 Å². The third-order valence-corrected chi connectivity index (χ3v) is 4.67. The molecule has 1 aromatic carbocycles. The van der Waals surface area contributed by atoms with Crippen LogP contribution < -0.4 is 11.1 Å². The van der Waals surface area contributed by atoms with E-state index in [1.165, 1.54) is 25.7 Å². The summed E-state index contributed by atoms with van der Waals surface area (Å²) in [5.41, 5.74) is 8.86. The highest BCUT2D eigenvalue weighted by molar-refractivity contribution is 5.95. The van der Waals surface area contributed by atoms with Crippen LogP contribution in [-0.4, -0.2) is 31.4 Å². The lowest BCUT2D eigenvalue weighted by atomic mass is 10.0. The first-order chi connectivity index (χ1) is 9.52. The number of nitrogens with zero attached hydrogens (tertiary/aromatic N) is 1. The van der Waals surface area contributed by atoms with E-state index in [9.17, 15) is 4.79 Å². The van der Waals surface area contributed by atoms with Gasteiger partial charge in [0, 0.05) is 26.2 Å². The second-order valence-electron chi connectivity index (χ2n) is 6.49. The van der Waals surface area contributed by atoms with Crippen molar-refractivity contribution in [2.24, 2.45) is 11.3 Å². The van der Waals surface area contributed by atoms with Gasteiger partial charge in [-0.3, -0.25) is 4.79 Å². The Morgan fingerprint density at radius 2 is 2.10 bits per heavy atom. The first-order valence-corrected chi connectivity index (χ1v) is 7.37. The zero-order valence-electron chi connectivity index (χ0n) is 12.3. The van der Waals surface area contributed by atoms with Gasteiger partial charge in [0.05, 0.1) is 11.4 Å². The minimum absolute atomic E-state index is 0.0140. The number of rotatable bonds is 5. The predicted molar refractivity (Wildman–Crippen MR) is 81.8 cm³/mol. The average Bonchev–Trinajstić information content (AvgIpc) is 3.27. The van der Waals surface area contributed by atoms with Crippen molar-refractivity contribution >= 4 is 17.3 Å². The molecule has 0 spiro atoms. The molecule has 0 aliphatic heterocycles. The summed E-state index contributed by atoms with van der Waals surface area (Å²) in [5, 5.41) is 3.48. The maximum absolute atomic E-state index is 11.9. The molecule has 0 radical (unpaired) electrons. The fourth-order valence-electron chi connectivity index (χ4n) is 2.97. The Balaban J connectivity index is 1.66. The smallest absolute Gasteiger partial charge is 0.253 e. The van der Waals surface area contributed by atoms with Crippen molar-refractivity contribution in [1.82, 2.24) is 4.90 Å². The second-order valence-corrected chi connectivity index (χ2v) is 6.49. The van der Waals surface area contributed by atoms with Gasteiger partial charge in [-0.2, -0.15) is 0 Å². The van der Waals surface area contributed by atoms with E-state index in [4.69, 9.17) is 5.73 Å². The molecule has 2 aliphatic carbocycles. The number of carbonyl (C=O) groups is 1. The lowest BCUT2D eigenvalue weighted by Gasteiger charge is -2.18. The van der Waals surface area contributed by atoms with Crippen molar-refractivity contribution in [2.75, 3.05) is 31.7 Å². The molecule has 2 saturated carbocycles. The zero-order valence-corrected chi connectivity index (χ0v) is 12.3. The molecular formula is C16H23N3O. The van der Waals surface area contributed by atoms with E-state index in [-0.39, 0.29) is 5.91 Å². The molecule has 0 saturated heterocycles. The summed E-state index contributed by atoms with van der Waals surface area (Å²) in [6, 6.07) is 5.54. The van der Waals surface area contributed by atoms with Gasteiger partial charge in [-0.1, -0.05) is 0 Å². The zero-order chi connectivity index (χ0) is 14.3. The van der Waals surface area contributed by atoms with Gasteiger partial charge < -0.3 is 16.0 Å². The van der Waals surface area contributed by atoms with Crippen LogP contribution >= 0.6 is 0 Å². The van der Waals surface area contributed by atoms with Gasteiger partial charge in [0.25, 0.3) is 5.91 Å². The van der Waals surface area contributed by atoms with Crippen molar-refractivity contribution in [3.8, 4) is 0 Å². The van der Waals surface area contributed by atoms with Gasteiger partial charge in [0.15, 0.2) is 0 Å². The highest BCUT2D eigenvalue weighted by Gasteiger charge is 2.53. The third kappa shape index (κ3) is 2.47.